The Morgan fingerprint density at radius 3 is 2.74 bits per heavy atom. The summed E-state index contributed by atoms with van der Waals surface area (Å²) < 4.78 is 12.7. The molecule has 0 aliphatic rings. The Morgan fingerprint density at radius 1 is 1.32 bits per heavy atom. The standard InChI is InChI=1S/C11H10FN5OS/c12-7-1-3-8(4-2-7)16-9(18)5-19-11-15-6-14-10(13)17-11/h1-4,6H,5H2,(H,16,18)(H2,13,14,15,17). The summed E-state index contributed by atoms with van der Waals surface area (Å²) in [6.07, 6.45) is 1.28. The summed E-state index contributed by atoms with van der Waals surface area (Å²) in [6, 6.07) is 5.52. The number of nitrogens with zero attached hydrogens (tertiary/aromatic N) is 3. The minimum atomic E-state index is -0.354. The molecule has 0 bridgehead atoms. The molecule has 2 aromatic rings. The monoisotopic (exact) mass is 279 g/mol. The zero-order valence-electron chi connectivity index (χ0n) is 9.71. The van der Waals surface area contributed by atoms with Crippen LogP contribution in [-0.4, -0.2) is 26.6 Å². The number of halogens is 1. The second-order valence-corrected chi connectivity index (χ2v) is 4.41. The molecule has 0 aliphatic heterocycles. The maximum absolute atomic E-state index is 12.7. The number of nitrogen functional groups attached to an aromatic ring is 1. The number of aromatic nitrogens is 3. The summed E-state index contributed by atoms with van der Waals surface area (Å²) in [7, 11) is 0. The highest BCUT2D eigenvalue weighted by Gasteiger charge is 2.06. The van der Waals surface area contributed by atoms with E-state index in [-0.39, 0.29) is 23.4 Å². The van der Waals surface area contributed by atoms with E-state index in [1.54, 1.807) is 0 Å². The minimum absolute atomic E-state index is 0.108. The first kappa shape index (κ1) is 13.2. The van der Waals surface area contributed by atoms with Gasteiger partial charge < -0.3 is 11.1 Å². The van der Waals surface area contributed by atoms with Crippen molar-refractivity contribution in [1.82, 2.24) is 15.0 Å². The van der Waals surface area contributed by atoms with Crippen LogP contribution in [0.4, 0.5) is 16.0 Å². The molecule has 1 aromatic heterocycles. The van der Waals surface area contributed by atoms with Gasteiger partial charge in [-0.25, -0.2) is 14.4 Å². The normalized spacial score (nSPS) is 10.2. The van der Waals surface area contributed by atoms with Crippen LogP contribution in [0.5, 0.6) is 0 Å². The lowest BCUT2D eigenvalue weighted by molar-refractivity contribution is -0.113. The van der Waals surface area contributed by atoms with Gasteiger partial charge in [-0.05, 0) is 24.3 Å². The fraction of sp³-hybridized carbons (Fsp3) is 0.0909. The van der Waals surface area contributed by atoms with E-state index in [2.05, 4.69) is 20.3 Å². The van der Waals surface area contributed by atoms with Crippen LogP contribution in [0, 0.1) is 5.82 Å². The summed E-state index contributed by atoms with van der Waals surface area (Å²) in [4.78, 5) is 23.0. The number of thioether (sulfide) groups is 1. The number of hydrogen-bond donors (Lipinski definition) is 2. The molecule has 1 aromatic carbocycles. The SMILES string of the molecule is Nc1ncnc(SCC(=O)Nc2ccc(F)cc2)n1. The number of anilines is 2. The number of rotatable bonds is 4. The highest BCUT2D eigenvalue weighted by atomic mass is 32.2. The van der Waals surface area contributed by atoms with E-state index in [1.165, 1.54) is 30.6 Å². The maximum atomic E-state index is 12.7. The molecule has 0 fully saturated rings. The molecule has 0 aliphatic carbocycles. The maximum Gasteiger partial charge on any atom is 0.234 e. The fourth-order valence-corrected chi connectivity index (χ4v) is 1.84. The van der Waals surface area contributed by atoms with Crippen molar-refractivity contribution in [2.75, 3.05) is 16.8 Å². The highest BCUT2D eigenvalue weighted by Crippen LogP contribution is 2.13. The van der Waals surface area contributed by atoms with Gasteiger partial charge in [0.15, 0.2) is 5.16 Å². The summed E-state index contributed by atoms with van der Waals surface area (Å²) in [5, 5.41) is 3.00. The molecule has 8 heteroatoms. The summed E-state index contributed by atoms with van der Waals surface area (Å²) >= 11 is 1.14. The van der Waals surface area contributed by atoms with E-state index in [0.29, 0.717) is 10.8 Å². The van der Waals surface area contributed by atoms with Gasteiger partial charge in [0, 0.05) is 5.69 Å². The minimum Gasteiger partial charge on any atom is -0.368 e. The van der Waals surface area contributed by atoms with Gasteiger partial charge in [-0.3, -0.25) is 4.79 Å². The van der Waals surface area contributed by atoms with Crippen LogP contribution in [0.2, 0.25) is 0 Å². The molecular weight excluding hydrogens is 269 g/mol. The van der Waals surface area contributed by atoms with Crippen LogP contribution in [0.15, 0.2) is 35.7 Å². The van der Waals surface area contributed by atoms with Crippen molar-refractivity contribution in [2.24, 2.45) is 0 Å². The predicted molar refractivity (Wildman–Crippen MR) is 70.0 cm³/mol. The first-order valence-corrected chi connectivity index (χ1v) is 6.25. The van der Waals surface area contributed by atoms with Crippen molar-refractivity contribution in [3.05, 3.63) is 36.4 Å². The van der Waals surface area contributed by atoms with Gasteiger partial charge >= 0.3 is 0 Å². The number of carbonyl (C=O) groups is 1. The number of hydrogen-bond acceptors (Lipinski definition) is 6. The van der Waals surface area contributed by atoms with Gasteiger partial charge in [-0.15, -0.1) is 0 Å². The molecule has 0 radical (unpaired) electrons. The van der Waals surface area contributed by atoms with Crippen molar-refractivity contribution in [3.63, 3.8) is 0 Å². The largest absolute Gasteiger partial charge is 0.368 e. The van der Waals surface area contributed by atoms with E-state index in [4.69, 9.17) is 5.73 Å². The van der Waals surface area contributed by atoms with Crippen molar-refractivity contribution in [3.8, 4) is 0 Å². The van der Waals surface area contributed by atoms with Crippen LogP contribution in [0.25, 0.3) is 0 Å². The zero-order valence-corrected chi connectivity index (χ0v) is 10.5. The summed E-state index contributed by atoms with van der Waals surface area (Å²) in [5.74, 6) is -0.360. The summed E-state index contributed by atoms with van der Waals surface area (Å²) in [5.41, 5.74) is 5.92. The van der Waals surface area contributed by atoms with E-state index in [1.807, 2.05) is 0 Å². The van der Waals surface area contributed by atoms with E-state index in [0.717, 1.165) is 11.8 Å². The Balaban J connectivity index is 1.86. The molecule has 0 unspecified atom stereocenters. The number of amides is 1. The Bertz CT molecular complexity index is 578. The van der Waals surface area contributed by atoms with Crippen LogP contribution in [0.3, 0.4) is 0 Å². The second kappa shape index (κ2) is 6.10. The molecule has 6 nitrogen and oxygen atoms in total. The molecule has 1 amide bonds. The third-order valence-corrected chi connectivity index (χ3v) is 2.89. The van der Waals surface area contributed by atoms with Crippen LogP contribution in [0.1, 0.15) is 0 Å². The lowest BCUT2D eigenvalue weighted by Crippen LogP contribution is -2.14. The van der Waals surface area contributed by atoms with Crippen LogP contribution in [-0.2, 0) is 4.79 Å². The second-order valence-electron chi connectivity index (χ2n) is 3.47. The lowest BCUT2D eigenvalue weighted by atomic mass is 10.3. The van der Waals surface area contributed by atoms with Crippen LogP contribution < -0.4 is 11.1 Å². The van der Waals surface area contributed by atoms with Gasteiger partial charge in [-0.2, -0.15) is 4.98 Å². The predicted octanol–water partition coefficient (Wildman–Crippen LogP) is 1.32. The zero-order chi connectivity index (χ0) is 13.7. The Kier molecular flexibility index (Phi) is 4.24. The fourth-order valence-electron chi connectivity index (χ4n) is 1.22. The number of benzene rings is 1. The van der Waals surface area contributed by atoms with Gasteiger partial charge in [0.1, 0.15) is 12.1 Å². The van der Waals surface area contributed by atoms with Gasteiger partial charge in [-0.1, -0.05) is 11.8 Å². The van der Waals surface area contributed by atoms with Crippen molar-refractivity contribution in [2.45, 2.75) is 5.16 Å². The van der Waals surface area contributed by atoms with E-state index >= 15 is 0 Å². The van der Waals surface area contributed by atoms with Crippen molar-refractivity contribution < 1.29 is 9.18 Å². The van der Waals surface area contributed by atoms with Crippen molar-refractivity contribution >= 4 is 29.3 Å². The number of nitrogens with one attached hydrogen (secondary N) is 1. The molecule has 1 heterocycles. The Morgan fingerprint density at radius 2 is 2.05 bits per heavy atom. The summed E-state index contributed by atoms with van der Waals surface area (Å²) in [6.45, 7) is 0. The van der Waals surface area contributed by atoms with E-state index < -0.39 is 0 Å². The first-order valence-electron chi connectivity index (χ1n) is 5.26. The third-order valence-electron chi connectivity index (χ3n) is 2.03. The van der Waals surface area contributed by atoms with Gasteiger partial charge in [0.05, 0.1) is 5.75 Å². The Labute approximate surface area is 112 Å². The highest BCUT2D eigenvalue weighted by molar-refractivity contribution is 7.99. The number of carbonyl (C=O) groups excluding carboxylic acids is 1. The van der Waals surface area contributed by atoms with E-state index in [9.17, 15) is 9.18 Å². The molecule has 19 heavy (non-hydrogen) atoms. The lowest BCUT2D eigenvalue weighted by Gasteiger charge is -2.04. The molecule has 98 valence electrons. The molecule has 0 saturated carbocycles. The van der Waals surface area contributed by atoms with Crippen LogP contribution >= 0.6 is 11.8 Å². The average molecular weight is 279 g/mol. The molecule has 2 rings (SSSR count). The van der Waals surface area contributed by atoms with Gasteiger partial charge in [0.2, 0.25) is 11.9 Å². The molecular formula is C11H10FN5OS. The molecule has 3 N–H and O–H groups in total. The molecule has 0 spiro atoms. The van der Waals surface area contributed by atoms with Crippen molar-refractivity contribution in [1.29, 1.82) is 0 Å². The Hall–Kier alpha value is -2.22. The van der Waals surface area contributed by atoms with Gasteiger partial charge in [0.25, 0.3) is 0 Å². The average Bonchev–Trinajstić information content (AvgIpc) is 2.39. The first-order chi connectivity index (χ1) is 9.13. The number of nitrogens with two attached hydrogens (primary N) is 1. The molecule has 0 saturated heterocycles. The molecule has 0 atom stereocenters. The third kappa shape index (κ3) is 4.18. The smallest absolute Gasteiger partial charge is 0.234 e. The quantitative estimate of drug-likeness (QED) is 0.820. The topological polar surface area (TPSA) is 93.8 Å².